The zero-order valence-electron chi connectivity index (χ0n) is 41.9. The van der Waals surface area contributed by atoms with Crippen LogP contribution in [0.5, 0.6) is 0 Å². The number of aliphatic imine (C=N–C) groups is 1. The van der Waals surface area contributed by atoms with E-state index in [1.807, 2.05) is 13.8 Å². The van der Waals surface area contributed by atoms with Gasteiger partial charge in [0.25, 0.3) is 0 Å². The largest absolute Gasteiger partial charge is 0.481 e. The van der Waals surface area contributed by atoms with Crippen molar-refractivity contribution < 1.29 is 53.4 Å². The summed E-state index contributed by atoms with van der Waals surface area (Å²) in [7, 11) is 0. The number of nitrogens with two attached hydrogens (primary N) is 3. The van der Waals surface area contributed by atoms with E-state index in [9.17, 15) is 53.4 Å². The number of hydrogen-bond acceptors (Lipinski definition) is 11. The number of unbranched alkanes of at least 4 members (excludes halogenated alkanes) is 4. The molecule has 2 fully saturated rings. The van der Waals surface area contributed by atoms with Crippen molar-refractivity contribution in [3.63, 3.8) is 0 Å². The first-order valence-corrected chi connectivity index (χ1v) is 24.9. The van der Waals surface area contributed by atoms with Crippen molar-refractivity contribution in [1.29, 1.82) is 0 Å². The summed E-state index contributed by atoms with van der Waals surface area (Å²) in [5, 5.41) is 33.7. The minimum atomic E-state index is -1.76. The summed E-state index contributed by atoms with van der Waals surface area (Å²) < 4.78 is 0. The van der Waals surface area contributed by atoms with Crippen LogP contribution < -0.4 is 43.8 Å². The SMILES string of the molecule is CCCCCCCC(=O)N1CCCCC1C(=O)N[C@@H](CC(C)C)C(=O)N1C[C@H](O)C[C@H]1C(=O)N[C@@H](CC(C)C)C(=O)N[C@@H](CC(=O)O)C(=O)N[C@@H](CCCN=C(N)N)C(=O)N[C@H](C(N)=O)[C@@H](C)CC. The lowest BCUT2D eigenvalue weighted by atomic mass is 9.97. The summed E-state index contributed by atoms with van der Waals surface area (Å²) in [5.74, 6) is -7.99. The molecule has 392 valence electrons. The number of rotatable bonds is 30. The molecule has 1 unspecified atom stereocenters. The van der Waals surface area contributed by atoms with Gasteiger partial charge < -0.3 is 63.8 Å². The molecule has 2 saturated heterocycles. The topological polar surface area (TPSA) is 351 Å². The van der Waals surface area contributed by atoms with Gasteiger partial charge in [0.1, 0.15) is 42.3 Å². The van der Waals surface area contributed by atoms with E-state index in [0.717, 1.165) is 44.9 Å². The number of carbonyl (C=O) groups is 9. The third kappa shape index (κ3) is 20.5. The van der Waals surface area contributed by atoms with E-state index in [0.29, 0.717) is 25.8 Å². The first-order valence-electron chi connectivity index (χ1n) is 24.9. The maximum atomic E-state index is 14.4. The Morgan fingerprint density at radius 3 is 1.86 bits per heavy atom. The van der Waals surface area contributed by atoms with E-state index in [4.69, 9.17) is 17.2 Å². The molecule has 0 aromatic rings. The molecule has 22 heteroatoms. The Balaban J connectivity index is 2.34. The van der Waals surface area contributed by atoms with Gasteiger partial charge in [0.05, 0.1) is 12.5 Å². The zero-order chi connectivity index (χ0) is 52.0. The Morgan fingerprint density at radius 1 is 0.681 bits per heavy atom. The number of hydrogen-bond donors (Lipinski definition) is 10. The van der Waals surface area contributed by atoms with E-state index in [-0.39, 0.29) is 74.8 Å². The standard InChI is InChI=1S/C47H83N11O11/c1-8-10-11-12-13-19-37(60)57-21-15-14-18-35(57)44(67)55-34(23-28(5)6)46(69)58-26-30(59)24-36(58)45(68)54-32(22-27(3)4)42(65)53-33(25-38(61)62)43(66)52-31(17-16-20-51-47(49)50)41(64)56-39(40(48)63)29(7)9-2/h27-36,39,59H,8-26H2,1-7H3,(H2,48,63)(H,52,66)(H,53,65)(H,54,68)(H,55,67)(H,56,64)(H,61,62)(H4,49,50,51)/t29-,30+,31-,32-,33-,34-,35?,36-,39-/m0/s1. The number of primary amides is 1. The highest BCUT2D eigenvalue weighted by Crippen LogP contribution is 2.24. The molecule has 9 atom stereocenters. The summed E-state index contributed by atoms with van der Waals surface area (Å²) in [6, 6.07) is -8.73. The highest BCUT2D eigenvalue weighted by Gasteiger charge is 2.44. The summed E-state index contributed by atoms with van der Waals surface area (Å²) in [6.07, 6.45) is 5.62. The number of amides is 8. The fourth-order valence-electron chi connectivity index (χ4n) is 8.65. The van der Waals surface area contributed by atoms with Crippen molar-refractivity contribution >= 4 is 59.2 Å². The average molecular weight is 978 g/mol. The molecule has 22 nitrogen and oxygen atoms in total. The molecule has 2 aliphatic rings. The maximum Gasteiger partial charge on any atom is 0.305 e. The number of carboxylic acids is 1. The van der Waals surface area contributed by atoms with E-state index in [1.165, 1.54) is 4.90 Å². The number of aliphatic carboxylic acids is 1. The summed E-state index contributed by atoms with van der Waals surface area (Å²) in [4.78, 5) is 128. The molecule has 2 rings (SSSR count). The molecule has 8 amide bonds. The summed E-state index contributed by atoms with van der Waals surface area (Å²) in [6.45, 7) is 13.1. The van der Waals surface area contributed by atoms with Gasteiger partial charge in [-0.1, -0.05) is 80.6 Å². The van der Waals surface area contributed by atoms with Crippen molar-refractivity contribution in [1.82, 2.24) is 36.4 Å². The molecular formula is C47H83N11O11. The first-order chi connectivity index (χ1) is 32.5. The average Bonchev–Trinajstić information content (AvgIpc) is 3.68. The molecule has 0 aliphatic carbocycles. The Morgan fingerprint density at radius 2 is 1.26 bits per heavy atom. The number of β-amino-alcohol motifs (C(OH)–C–C–N with tert-alkyl or cyclic N) is 1. The van der Waals surface area contributed by atoms with Gasteiger partial charge >= 0.3 is 5.97 Å². The lowest BCUT2D eigenvalue weighted by Gasteiger charge is -2.36. The molecule has 0 aromatic carbocycles. The summed E-state index contributed by atoms with van der Waals surface area (Å²) in [5.41, 5.74) is 16.4. The van der Waals surface area contributed by atoms with Crippen LogP contribution in [0.15, 0.2) is 4.99 Å². The summed E-state index contributed by atoms with van der Waals surface area (Å²) >= 11 is 0. The minimum absolute atomic E-state index is 0.00350. The van der Waals surface area contributed by atoms with Gasteiger partial charge in [0, 0.05) is 32.5 Å². The van der Waals surface area contributed by atoms with Gasteiger partial charge in [-0.3, -0.25) is 48.1 Å². The van der Waals surface area contributed by atoms with Crippen LogP contribution >= 0.6 is 0 Å². The van der Waals surface area contributed by atoms with Crippen molar-refractivity contribution in [2.24, 2.45) is 39.9 Å². The quantitative estimate of drug-likeness (QED) is 0.0263. The van der Waals surface area contributed by atoms with Crippen LogP contribution in [0.25, 0.3) is 0 Å². The first kappa shape index (κ1) is 59.6. The smallest absolute Gasteiger partial charge is 0.305 e. The van der Waals surface area contributed by atoms with Crippen LogP contribution in [0.1, 0.15) is 151 Å². The number of carbonyl (C=O) groups excluding carboxylic acids is 8. The van der Waals surface area contributed by atoms with Crippen LogP contribution in [-0.4, -0.2) is 147 Å². The number of nitrogens with one attached hydrogen (secondary N) is 5. The van der Waals surface area contributed by atoms with Gasteiger partial charge in [0.2, 0.25) is 47.3 Å². The number of guanidine groups is 1. The number of aliphatic hydroxyl groups is 1. The molecule has 2 heterocycles. The Bertz CT molecular complexity index is 1780. The van der Waals surface area contributed by atoms with E-state index < -0.39 is 102 Å². The van der Waals surface area contributed by atoms with Gasteiger partial charge in [-0.05, 0) is 69.1 Å². The second kappa shape index (κ2) is 30.2. The van der Waals surface area contributed by atoms with E-state index >= 15 is 0 Å². The predicted molar refractivity (Wildman–Crippen MR) is 258 cm³/mol. The van der Waals surface area contributed by atoms with Gasteiger partial charge in [-0.25, -0.2) is 0 Å². The van der Waals surface area contributed by atoms with E-state index in [1.54, 1.807) is 32.6 Å². The zero-order valence-corrected chi connectivity index (χ0v) is 41.9. The number of carboxylic acid groups (broad SMARTS) is 1. The van der Waals surface area contributed by atoms with Crippen LogP contribution in [0.2, 0.25) is 0 Å². The number of likely N-dealkylation sites (tertiary alicyclic amines) is 2. The van der Waals surface area contributed by atoms with Gasteiger partial charge in [0.15, 0.2) is 5.96 Å². The lowest BCUT2D eigenvalue weighted by Crippen LogP contribution is -2.60. The number of aliphatic hydroxyl groups excluding tert-OH is 1. The number of piperidine rings is 1. The highest BCUT2D eigenvalue weighted by molar-refractivity contribution is 5.98. The highest BCUT2D eigenvalue weighted by atomic mass is 16.4. The monoisotopic (exact) mass is 978 g/mol. The molecule has 13 N–H and O–H groups in total. The van der Waals surface area contributed by atoms with Crippen molar-refractivity contribution in [3.8, 4) is 0 Å². The third-order valence-corrected chi connectivity index (χ3v) is 12.6. The fourth-order valence-corrected chi connectivity index (χ4v) is 8.65. The lowest BCUT2D eigenvalue weighted by molar-refractivity contribution is -0.146. The predicted octanol–water partition coefficient (Wildman–Crippen LogP) is 0.266. The van der Waals surface area contributed by atoms with E-state index in [2.05, 4.69) is 38.5 Å². The second-order valence-electron chi connectivity index (χ2n) is 19.5. The molecule has 2 aliphatic heterocycles. The second-order valence-corrected chi connectivity index (χ2v) is 19.5. The van der Waals surface area contributed by atoms with Crippen molar-refractivity contribution in [2.75, 3.05) is 19.6 Å². The normalized spacial score (nSPS) is 19.6. The number of nitrogens with zero attached hydrogens (tertiary/aromatic N) is 3. The van der Waals surface area contributed by atoms with Crippen molar-refractivity contribution in [3.05, 3.63) is 0 Å². The molecule has 0 saturated carbocycles. The molecule has 0 aromatic heterocycles. The molecule has 0 bridgehead atoms. The molecular weight excluding hydrogens is 895 g/mol. The minimum Gasteiger partial charge on any atom is -0.481 e. The van der Waals surface area contributed by atoms with Crippen LogP contribution in [-0.2, 0) is 43.2 Å². The van der Waals surface area contributed by atoms with Crippen LogP contribution in [0.3, 0.4) is 0 Å². The Hall–Kier alpha value is -5.54. The maximum absolute atomic E-state index is 14.4. The third-order valence-electron chi connectivity index (χ3n) is 12.6. The van der Waals surface area contributed by atoms with Crippen molar-refractivity contribution in [2.45, 2.75) is 200 Å². The fraction of sp³-hybridized carbons (Fsp3) is 0.787. The molecule has 69 heavy (non-hydrogen) atoms. The van der Waals surface area contributed by atoms with Crippen LogP contribution in [0.4, 0.5) is 0 Å². The molecule has 0 spiro atoms. The Kier molecular flexibility index (Phi) is 26.0. The molecule has 0 radical (unpaired) electrons. The van der Waals surface area contributed by atoms with Crippen LogP contribution in [0, 0.1) is 17.8 Å². The Labute approximate surface area is 407 Å². The van der Waals surface area contributed by atoms with Gasteiger partial charge in [-0.2, -0.15) is 0 Å². The van der Waals surface area contributed by atoms with Gasteiger partial charge in [-0.15, -0.1) is 0 Å².